The molecule has 0 unspecified atom stereocenters. The minimum absolute atomic E-state index is 0.0135. The van der Waals surface area contributed by atoms with Crippen LogP contribution in [-0.4, -0.2) is 81.3 Å². The summed E-state index contributed by atoms with van der Waals surface area (Å²) in [7, 11) is -1.87. The highest BCUT2D eigenvalue weighted by atomic mass is 32.2. The van der Waals surface area contributed by atoms with Crippen molar-refractivity contribution in [1.82, 2.24) is 29.2 Å². The number of fused-ring (bicyclic) bond motifs is 4. The summed E-state index contributed by atoms with van der Waals surface area (Å²) in [5, 5.41) is 3.93. The number of amides is 2. The molecule has 0 radical (unpaired) electrons. The molecule has 14 heteroatoms. The lowest BCUT2D eigenvalue weighted by Gasteiger charge is -2.33. The van der Waals surface area contributed by atoms with Crippen LogP contribution in [0.2, 0.25) is 0 Å². The van der Waals surface area contributed by atoms with Crippen LogP contribution < -0.4 is 14.4 Å². The number of anilines is 1. The van der Waals surface area contributed by atoms with E-state index in [1.807, 2.05) is 71.7 Å². The van der Waals surface area contributed by atoms with Gasteiger partial charge in [-0.2, -0.15) is 0 Å². The number of sulfonamides is 1. The van der Waals surface area contributed by atoms with Gasteiger partial charge in [0.1, 0.15) is 29.4 Å². The number of carbonyl (C=O) groups excluding carboxylic acids is 2. The predicted octanol–water partition coefficient (Wildman–Crippen LogP) is 6.07. The number of nitrogens with zero attached hydrogens (tertiary/aromatic N) is 6. The van der Waals surface area contributed by atoms with Crippen molar-refractivity contribution in [3.8, 4) is 17.3 Å². The number of alkyl carbamates (subject to hydrolysis) is 1. The maximum atomic E-state index is 14.3. The molecule has 2 bridgehead atoms. The number of hydrogen-bond donors (Lipinski definition) is 1. The number of ether oxygens (including phenoxy) is 2. The molecule has 0 spiro atoms. The van der Waals surface area contributed by atoms with E-state index in [4.69, 9.17) is 19.4 Å². The number of methoxy groups -OCH3 is 1. The van der Waals surface area contributed by atoms with Crippen LogP contribution in [0.1, 0.15) is 73.5 Å². The van der Waals surface area contributed by atoms with Crippen molar-refractivity contribution in [3.05, 3.63) is 77.5 Å². The van der Waals surface area contributed by atoms with Gasteiger partial charge >= 0.3 is 6.09 Å². The van der Waals surface area contributed by atoms with Crippen LogP contribution in [0, 0.1) is 12.8 Å². The van der Waals surface area contributed by atoms with Crippen LogP contribution in [0.15, 0.2) is 60.7 Å². The Morgan fingerprint density at radius 3 is 2.56 bits per heavy atom. The van der Waals surface area contributed by atoms with Gasteiger partial charge in [-0.3, -0.25) is 13.5 Å². The van der Waals surface area contributed by atoms with Gasteiger partial charge in [0.2, 0.25) is 10.0 Å². The Kier molecular flexibility index (Phi) is 8.55. The topological polar surface area (TPSA) is 140 Å². The Hall–Kier alpha value is -5.11. The van der Waals surface area contributed by atoms with Gasteiger partial charge in [-0.25, -0.2) is 23.2 Å². The van der Waals surface area contributed by atoms with Gasteiger partial charge in [0.05, 0.1) is 36.3 Å². The molecule has 4 fully saturated rings. The Morgan fingerprint density at radius 1 is 0.981 bits per heavy atom. The summed E-state index contributed by atoms with van der Waals surface area (Å²) in [4.78, 5) is 39.1. The maximum absolute atomic E-state index is 14.3. The van der Waals surface area contributed by atoms with E-state index in [-0.39, 0.29) is 42.4 Å². The van der Waals surface area contributed by atoms with E-state index in [2.05, 4.69) is 16.0 Å². The molecule has 13 nitrogen and oxygen atoms in total. The molecule has 4 atom stereocenters. The van der Waals surface area contributed by atoms with Crippen molar-refractivity contribution in [2.24, 2.45) is 5.92 Å². The minimum Gasteiger partial charge on any atom is -0.482 e. The third-order valence-corrected chi connectivity index (χ3v) is 13.7. The lowest BCUT2D eigenvalue weighted by atomic mass is 9.96. The molecule has 2 amide bonds. The van der Waals surface area contributed by atoms with Gasteiger partial charge in [0, 0.05) is 35.6 Å². The molecular weight excluding hydrogens is 707 g/mol. The molecule has 1 aliphatic carbocycles. The number of benzene rings is 1. The fraction of sp³-hybridized carbons (Fsp3) is 0.450. The van der Waals surface area contributed by atoms with Gasteiger partial charge < -0.3 is 24.3 Å². The summed E-state index contributed by atoms with van der Waals surface area (Å²) < 4.78 is 43.3. The molecule has 282 valence electrons. The van der Waals surface area contributed by atoms with Crippen molar-refractivity contribution in [2.75, 3.05) is 17.2 Å². The lowest BCUT2D eigenvalue weighted by molar-refractivity contribution is 0.0719. The highest BCUT2D eigenvalue weighted by Crippen LogP contribution is 2.41. The Bertz CT molecular complexity index is 2390. The van der Waals surface area contributed by atoms with Gasteiger partial charge in [0.15, 0.2) is 5.88 Å². The average molecular weight is 752 g/mol. The summed E-state index contributed by atoms with van der Waals surface area (Å²) in [5.41, 5.74) is 5.19. The van der Waals surface area contributed by atoms with Gasteiger partial charge in [-0.05, 0) is 94.5 Å². The molecule has 1 aromatic carbocycles. The maximum Gasteiger partial charge on any atom is 0.407 e. The zero-order valence-corrected chi connectivity index (χ0v) is 31.6. The van der Waals surface area contributed by atoms with Crippen LogP contribution in [0.4, 0.5) is 10.6 Å². The zero-order valence-electron chi connectivity index (χ0n) is 30.8. The van der Waals surface area contributed by atoms with Crippen molar-refractivity contribution in [2.45, 2.75) is 96.1 Å². The largest absolute Gasteiger partial charge is 0.482 e. The molecule has 4 aliphatic rings. The first-order valence-corrected chi connectivity index (χ1v) is 20.6. The quantitative estimate of drug-likeness (QED) is 0.192. The zero-order chi connectivity index (χ0) is 37.3. The molecule has 1 N–H and O–H groups in total. The monoisotopic (exact) mass is 751 g/mol. The number of aromatic nitrogens is 4. The number of aryl methyl sites for hydroxylation is 1. The first-order valence-electron chi connectivity index (χ1n) is 19.0. The summed E-state index contributed by atoms with van der Waals surface area (Å²) in [6.07, 6.45) is 5.57. The van der Waals surface area contributed by atoms with E-state index in [9.17, 15) is 18.0 Å². The van der Waals surface area contributed by atoms with Gasteiger partial charge in [-0.1, -0.05) is 30.3 Å². The van der Waals surface area contributed by atoms with Gasteiger partial charge in [-0.15, -0.1) is 0 Å². The molecule has 7 heterocycles. The Labute approximate surface area is 314 Å². The van der Waals surface area contributed by atoms with Crippen LogP contribution >= 0.6 is 0 Å². The van der Waals surface area contributed by atoms with Crippen LogP contribution in [-0.2, 0) is 27.9 Å². The third-order valence-electron chi connectivity index (χ3n) is 11.7. The number of carbonyl (C=O) groups is 2. The summed E-state index contributed by atoms with van der Waals surface area (Å²) in [5.74, 6) is 1.46. The fourth-order valence-electron chi connectivity index (χ4n) is 8.92. The van der Waals surface area contributed by atoms with Crippen molar-refractivity contribution in [3.63, 3.8) is 0 Å². The predicted molar refractivity (Wildman–Crippen MR) is 204 cm³/mol. The average Bonchev–Trinajstić information content (AvgIpc) is 3.46. The molecule has 54 heavy (non-hydrogen) atoms. The first-order chi connectivity index (χ1) is 26.1. The molecule has 3 aliphatic heterocycles. The Balaban J connectivity index is 1.02. The van der Waals surface area contributed by atoms with E-state index in [1.54, 1.807) is 13.2 Å². The number of rotatable bonds is 9. The minimum atomic E-state index is -3.46. The van der Waals surface area contributed by atoms with E-state index in [1.165, 1.54) is 4.31 Å². The molecular formula is C40H45N7O6S. The number of pyridine rings is 2. The summed E-state index contributed by atoms with van der Waals surface area (Å²) in [6, 6.07) is 18.5. The van der Waals surface area contributed by atoms with Crippen LogP contribution in [0.25, 0.3) is 28.1 Å². The first kappa shape index (κ1) is 34.6. The SMILES string of the molecule is COc1cc(C(=O)N2[C@H]3CC[C@@H]2[C@H](NC(=O)OCc2ccccc2)C3)cc2nc(-c3cc4ccc(N5[C@@H](C)CCCS5(=O)=O)nc4n3CC3CC3)c(C)n12. The normalized spacial score (nSPS) is 23.3. The second-order valence-electron chi connectivity index (χ2n) is 15.4. The van der Waals surface area contributed by atoms with E-state index in [0.717, 1.165) is 72.3 Å². The molecule has 1 saturated carbocycles. The summed E-state index contributed by atoms with van der Waals surface area (Å²) in [6.45, 7) is 4.87. The molecule has 4 aromatic heterocycles. The molecule has 9 rings (SSSR count). The van der Waals surface area contributed by atoms with Crippen LogP contribution in [0.5, 0.6) is 5.88 Å². The number of imidazole rings is 1. The third kappa shape index (κ3) is 6.04. The molecule has 3 saturated heterocycles. The lowest BCUT2D eigenvalue weighted by Crippen LogP contribution is -2.45. The molecule has 5 aromatic rings. The van der Waals surface area contributed by atoms with Gasteiger partial charge in [0.25, 0.3) is 5.91 Å². The van der Waals surface area contributed by atoms with E-state index in [0.29, 0.717) is 41.7 Å². The van der Waals surface area contributed by atoms with Crippen molar-refractivity contribution in [1.29, 1.82) is 0 Å². The highest BCUT2D eigenvalue weighted by Gasteiger charge is 2.49. The number of nitrogens with one attached hydrogen (secondary N) is 1. The highest BCUT2D eigenvalue weighted by molar-refractivity contribution is 7.92. The summed E-state index contributed by atoms with van der Waals surface area (Å²) >= 11 is 0. The van der Waals surface area contributed by atoms with Crippen LogP contribution in [0.3, 0.4) is 0 Å². The number of hydrogen-bond acceptors (Lipinski definition) is 8. The fourth-order valence-corrected chi connectivity index (χ4v) is 10.7. The van der Waals surface area contributed by atoms with Crippen molar-refractivity contribution >= 4 is 44.5 Å². The second kappa shape index (κ2) is 13.3. The standard InChI is InChI=1S/C40H45N7O6S/c1-24-8-7-17-54(50,51)47(24)34-16-13-28-18-33(44(38(28)43-34)22-26-11-12-26)37-25(2)45-35(42-37)19-29(20-36(45)52-3)39(48)46-30-14-15-32(46)31(21-30)41-40(49)53-23-27-9-5-4-6-10-27/h4-6,9-10,13,16,18-20,24,26,30-32H,7-8,11-12,14-15,17,21-23H2,1-3H3,(H,41,49)/t24-,30-,31+,32+/m0/s1. The van der Waals surface area contributed by atoms with E-state index >= 15 is 0 Å². The smallest absolute Gasteiger partial charge is 0.407 e. The van der Waals surface area contributed by atoms with E-state index < -0.39 is 16.1 Å². The Morgan fingerprint density at radius 2 is 1.80 bits per heavy atom. The van der Waals surface area contributed by atoms with Crippen molar-refractivity contribution < 1.29 is 27.5 Å². The second-order valence-corrected chi connectivity index (χ2v) is 17.3.